The van der Waals surface area contributed by atoms with Crippen molar-refractivity contribution in [2.24, 2.45) is 0 Å². The first kappa shape index (κ1) is 29.4. The third kappa shape index (κ3) is 7.96. The van der Waals surface area contributed by atoms with E-state index in [1.54, 1.807) is 62.4 Å². The van der Waals surface area contributed by atoms with Gasteiger partial charge in [-0.05, 0) is 67.8 Å². The molecule has 0 unspecified atom stereocenters. The molecule has 0 saturated heterocycles. The molecular weight excluding hydrogens is 564 g/mol. The van der Waals surface area contributed by atoms with Gasteiger partial charge in [0.25, 0.3) is 0 Å². The van der Waals surface area contributed by atoms with Gasteiger partial charge in [0.2, 0.25) is 0 Å². The van der Waals surface area contributed by atoms with E-state index in [1.165, 1.54) is 42.5 Å². The van der Waals surface area contributed by atoms with Crippen molar-refractivity contribution < 1.29 is 30.0 Å². The fraction of sp³-hybridized carbons (Fsp3) is 0.100. The van der Waals surface area contributed by atoms with Gasteiger partial charge in [-0.15, -0.1) is 0 Å². The van der Waals surface area contributed by atoms with Crippen LogP contribution < -0.4 is 19.0 Å². The van der Waals surface area contributed by atoms with Crippen molar-refractivity contribution in [1.82, 2.24) is 0 Å². The van der Waals surface area contributed by atoms with E-state index in [0.717, 1.165) is 11.0 Å². The van der Waals surface area contributed by atoms with E-state index in [9.17, 15) is 21.6 Å². The molecule has 212 valence electrons. The summed E-state index contributed by atoms with van der Waals surface area (Å²) in [7, 11) is -8.27. The Morgan fingerprint density at radius 1 is 0.732 bits per heavy atom. The molecule has 11 heteroatoms. The van der Waals surface area contributed by atoms with Crippen molar-refractivity contribution in [3.05, 3.63) is 119 Å². The lowest BCUT2D eigenvalue weighted by molar-refractivity contribution is 0.262. The van der Waals surface area contributed by atoms with Crippen LogP contribution in [0.3, 0.4) is 0 Å². The quantitative estimate of drug-likeness (QED) is 0.215. The van der Waals surface area contributed by atoms with Crippen LogP contribution in [-0.2, 0) is 20.2 Å². The van der Waals surface area contributed by atoms with Gasteiger partial charge in [-0.1, -0.05) is 66.2 Å². The van der Waals surface area contributed by atoms with Crippen LogP contribution in [0.4, 0.5) is 16.2 Å². The summed E-state index contributed by atoms with van der Waals surface area (Å²) in [5, 5.41) is 6.08. The number of rotatable bonds is 9. The molecule has 0 fully saturated rings. The summed E-state index contributed by atoms with van der Waals surface area (Å²) in [4.78, 5) is 12.8. The Hall–Kier alpha value is -4.61. The second kappa shape index (κ2) is 12.3. The standard InChI is InChI=1S/C30H28N2O7S2/c1-21-18-22(2)29(23(3)19-21)41(36,37)39-28-15-8-7-14-27(28)32-30(33)31-25-12-9-13-26(20-25)38-40(34,35)17-16-24-10-5-4-6-11-24/h4-20H,1-3H3,(H2,31,32,33). The molecule has 4 rings (SSSR count). The van der Waals surface area contributed by atoms with Crippen molar-refractivity contribution in [2.45, 2.75) is 25.7 Å². The number of para-hydroxylation sites is 2. The van der Waals surface area contributed by atoms with Crippen molar-refractivity contribution in [2.75, 3.05) is 10.6 Å². The van der Waals surface area contributed by atoms with E-state index in [4.69, 9.17) is 8.37 Å². The van der Waals surface area contributed by atoms with Crippen molar-refractivity contribution in [1.29, 1.82) is 0 Å². The smallest absolute Gasteiger partial charge is 0.339 e. The summed E-state index contributed by atoms with van der Waals surface area (Å²) in [5.74, 6) is -0.0884. The summed E-state index contributed by atoms with van der Waals surface area (Å²) < 4.78 is 61.6. The molecule has 4 aromatic rings. The van der Waals surface area contributed by atoms with Crippen LogP contribution in [-0.4, -0.2) is 22.9 Å². The maximum absolute atomic E-state index is 13.1. The van der Waals surface area contributed by atoms with E-state index in [1.807, 2.05) is 13.0 Å². The second-order valence-corrected chi connectivity index (χ2v) is 12.1. The number of carbonyl (C=O) groups is 1. The van der Waals surface area contributed by atoms with Crippen molar-refractivity contribution in [3.8, 4) is 11.5 Å². The van der Waals surface area contributed by atoms with Gasteiger partial charge < -0.3 is 19.0 Å². The lowest BCUT2D eigenvalue weighted by atomic mass is 10.1. The Kier molecular flexibility index (Phi) is 8.80. The number of benzene rings is 4. The highest BCUT2D eigenvalue weighted by molar-refractivity contribution is 7.90. The highest BCUT2D eigenvalue weighted by Gasteiger charge is 2.24. The molecule has 2 N–H and O–H groups in total. The van der Waals surface area contributed by atoms with Crippen molar-refractivity contribution >= 4 is 43.7 Å². The normalized spacial score (nSPS) is 11.7. The molecule has 0 radical (unpaired) electrons. The van der Waals surface area contributed by atoms with E-state index >= 15 is 0 Å². The summed E-state index contributed by atoms with van der Waals surface area (Å²) in [6, 6.07) is 23.6. The number of aryl methyl sites for hydroxylation is 3. The monoisotopic (exact) mass is 592 g/mol. The van der Waals surface area contributed by atoms with E-state index < -0.39 is 26.3 Å². The summed E-state index contributed by atoms with van der Waals surface area (Å²) >= 11 is 0. The molecule has 2 amide bonds. The number of amides is 2. The first-order chi connectivity index (χ1) is 19.4. The highest BCUT2D eigenvalue weighted by atomic mass is 32.2. The minimum Gasteiger partial charge on any atom is -0.379 e. The molecular formula is C30H28N2O7S2. The molecule has 0 aliphatic heterocycles. The zero-order valence-corrected chi connectivity index (χ0v) is 24.1. The predicted octanol–water partition coefficient (Wildman–Crippen LogP) is 6.40. The minimum absolute atomic E-state index is 0.0147. The lowest BCUT2D eigenvalue weighted by Crippen LogP contribution is -2.21. The average molecular weight is 593 g/mol. The summed E-state index contributed by atoms with van der Waals surface area (Å²) in [5.41, 5.74) is 3.05. The van der Waals surface area contributed by atoms with Crippen LogP contribution in [0.1, 0.15) is 22.3 Å². The first-order valence-electron chi connectivity index (χ1n) is 12.4. The van der Waals surface area contributed by atoms with E-state index in [2.05, 4.69) is 10.6 Å². The summed E-state index contributed by atoms with van der Waals surface area (Å²) in [6.07, 6.45) is 1.41. The number of carbonyl (C=O) groups excluding carboxylic acids is 1. The Morgan fingerprint density at radius 3 is 2.10 bits per heavy atom. The molecule has 0 heterocycles. The van der Waals surface area contributed by atoms with Crippen LogP contribution in [0.5, 0.6) is 11.5 Å². The molecule has 0 aromatic heterocycles. The number of nitrogens with one attached hydrogen (secondary N) is 2. The molecule has 0 atom stereocenters. The Labute approximate surface area is 239 Å². The zero-order valence-electron chi connectivity index (χ0n) is 22.5. The van der Waals surface area contributed by atoms with Gasteiger partial charge in [0.05, 0.1) is 11.1 Å². The topological polar surface area (TPSA) is 128 Å². The predicted molar refractivity (Wildman–Crippen MR) is 159 cm³/mol. The Balaban J connectivity index is 1.45. The third-order valence-corrected chi connectivity index (χ3v) is 8.16. The fourth-order valence-corrected chi connectivity index (χ4v) is 6.28. The van der Waals surface area contributed by atoms with Crippen LogP contribution in [0, 0.1) is 20.8 Å². The summed E-state index contributed by atoms with van der Waals surface area (Å²) in [6.45, 7) is 5.26. The molecule has 0 bridgehead atoms. The molecule has 9 nitrogen and oxygen atoms in total. The number of anilines is 2. The fourth-order valence-electron chi connectivity index (χ4n) is 4.16. The molecule has 0 saturated carbocycles. The molecule has 4 aromatic carbocycles. The molecule has 0 aliphatic rings. The second-order valence-electron chi connectivity index (χ2n) is 9.16. The van der Waals surface area contributed by atoms with Crippen LogP contribution in [0.15, 0.2) is 101 Å². The zero-order chi connectivity index (χ0) is 29.6. The van der Waals surface area contributed by atoms with Crippen LogP contribution in [0.25, 0.3) is 6.08 Å². The maximum Gasteiger partial charge on any atom is 0.339 e. The van der Waals surface area contributed by atoms with Crippen LogP contribution in [0.2, 0.25) is 0 Å². The van der Waals surface area contributed by atoms with Crippen molar-refractivity contribution in [3.63, 3.8) is 0 Å². The van der Waals surface area contributed by atoms with E-state index in [0.29, 0.717) is 16.7 Å². The largest absolute Gasteiger partial charge is 0.379 e. The Morgan fingerprint density at radius 2 is 1.39 bits per heavy atom. The minimum atomic E-state index is -4.20. The molecule has 0 spiro atoms. The number of urea groups is 1. The maximum atomic E-state index is 13.1. The van der Waals surface area contributed by atoms with Gasteiger partial charge in [0, 0.05) is 11.8 Å². The number of hydrogen-bond donors (Lipinski definition) is 2. The molecule has 41 heavy (non-hydrogen) atoms. The lowest BCUT2D eigenvalue weighted by Gasteiger charge is -2.16. The third-order valence-electron chi connectivity index (χ3n) is 5.72. The van der Waals surface area contributed by atoms with Gasteiger partial charge in [-0.3, -0.25) is 0 Å². The Bertz CT molecular complexity index is 1800. The van der Waals surface area contributed by atoms with Gasteiger partial charge in [-0.2, -0.15) is 16.8 Å². The van der Waals surface area contributed by atoms with Gasteiger partial charge in [0.15, 0.2) is 5.75 Å². The van der Waals surface area contributed by atoms with Crippen LogP contribution >= 0.6 is 0 Å². The SMILES string of the molecule is Cc1cc(C)c(S(=O)(=O)Oc2ccccc2NC(=O)Nc2cccc(OS(=O)(=O)C=Cc3ccccc3)c2)c(C)c1. The van der Waals surface area contributed by atoms with E-state index in [-0.39, 0.29) is 27.8 Å². The van der Waals surface area contributed by atoms with Gasteiger partial charge >= 0.3 is 26.3 Å². The highest BCUT2D eigenvalue weighted by Crippen LogP contribution is 2.30. The average Bonchev–Trinajstić information content (AvgIpc) is 2.88. The molecule has 0 aliphatic carbocycles. The van der Waals surface area contributed by atoms with Gasteiger partial charge in [0.1, 0.15) is 10.6 Å². The number of hydrogen-bond acceptors (Lipinski definition) is 7. The van der Waals surface area contributed by atoms with Gasteiger partial charge in [-0.25, -0.2) is 4.79 Å². The first-order valence-corrected chi connectivity index (χ1v) is 15.3.